The fourth-order valence-electron chi connectivity index (χ4n) is 2.27. The normalized spacial score (nSPS) is 11.1. The van der Waals surface area contributed by atoms with Crippen molar-refractivity contribution < 1.29 is 9.59 Å². The van der Waals surface area contributed by atoms with Crippen LogP contribution in [0.3, 0.4) is 0 Å². The van der Waals surface area contributed by atoms with Gasteiger partial charge in [-0.25, -0.2) is 4.98 Å². The van der Waals surface area contributed by atoms with Gasteiger partial charge in [0.15, 0.2) is 4.96 Å². The fraction of sp³-hybridized carbons (Fsp3) is 0. The molecular formula is C15H10N4O2S2. The summed E-state index contributed by atoms with van der Waals surface area (Å²) in [6.07, 6.45) is 1.94. The second kappa shape index (κ2) is 5.18. The van der Waals surface area contributed by atoms with E-state index in [4.69, 9.17) is 5.73 Å². The third-order valence-corrected chi connectivity index (χ3v) is 5.16. The smallest absolute Gasteiger partial charge is 0.265 e. The predicted molar refractivity (Wildman–Crippen MR) is 91.4 cm³/mol. The minimum atomic E-state index is -0.497. The van der Waals surface area contributed by atoms with E-state index in [0.717, 1.165) is 15.3 Å². The number of aromatic nitrogens is 2. The highest BCUT2D eigenvalue weighted by Crippen LogP contribution is 2.28. The van der Waals surface area contributed by atoms with Crippen LogP contribution in [-0.4, -0.2) is 21.2 Å². The molecule has 0 unspecified atom stereocenters. The Morgan fingerprint density at radius 2 is 2.00 bits per heavy atom. The lowest BCUT2D eigenvalue weighted by molar-refractivity contribution is 0.0998. The average molecular weight is 342 g/mol. The van der Waals surface area contributed by atoms with Crippen LogP contribution in [0.2, 0.25) is 0 Å². The first-order valence-electron chi connectivity index (χ1n) is 6.68. The molecule has 1 aromatic carbocycles. The van der Waals surface area contributed by atoms with Crippen molar-refractivity contribution >= 4 is 55.5 Å². The Labute approximate surface area is 138 Å². The van der Waals surface area contributed by atoms with Gasteiger partial charge in [0.1, 0.15) is 4.83 Å². The summed E-state index contributed by atoms with van der Waals surface area (Å²) >= 11 is 2.91. The van der Waals surface area contributed by atoms with Gasteiger partial charge in [-0.05, 0) is 30.3 Å². The first kappa shape index (κ1) is 13.9. The highest BCUT2D eigenvalue weighted by Gasteiger charge is 2.15. The highest BCUT2D eigenvalue weighted by molar-refractivity contribution is 7.21. The number of nitrogens with one attached hydrogen (secondary N) is 1. The molecule has 0 aliphatic carbocycles. The first-order chi connectivity index (χ1) is 11.1. The minimum absolute atomic E-state index is 0.205. The fourth-order valence-corrected chi connectivity index (χ4v) is 3.97. The van der Waals surface area contributed by atoms with Crippen LogP contribution in [0.1, 0.15) is 20.0 Å². The van der Waals surface area contributed by atoms with Crippen LogP contribution in [0.4, 0.5) is 5.69 Å². The van der Waals surface area contributed by atoms with Gasteiger partial charge in [0.05, 0.1) is 10.4 Å². The number of nitrogens with zero attached hydrogens (tertiary/aromatic N) is 2. The molecule has 6 nitrogen and oxygen atoms in total. The number of carbonyl (C=O) groups excluding carboxylic acids is 2. The third kappa shape index (κ3) is 2.37. The van der Waals surface area contributed by atoms with Gasteiger partial charge in [0.2, 0.25) is 5.91 Å². The Balaban J connectivity index is 1.60. The number of imidazole rings is 1. The van der Waals surface area contributed by atoms with E-state index >= 15 is 0 Å². The number of fused-ring (bicyclic) bond motifs is 3. The van der Waals surface area contributed by atoms with Crippen molar-refractivity contribution in [2.45, 2.75) is 0 Å². The highest BCUT2D eigenvalue weighted by atomic mass is 32.1. The first-order valence-corrected chi connectivity index (χ1v) is 8.38. The van der Waals surface area contributed by atoms with Gasteiger partial charge >= 0.3 is 0 Å². The van der Waals surface area contributed by atoms with Crippen molar-refractivity contribution in [3.8, 4) is 0 Å². The molecule has 4 rings (SSSR count). The number of hydrogen-bond donors (Lipinski definition) is 2. The van der Waals surface area contributed by atoms with Crippen LogP contribution in [0.15, 0.2) is 41.9 Å². The molecule has 3 N–H and O–H groups in total. The number of primary amides is 1. The molecule has 3 heterocycles. The Bertz CT molecular complexity index is 1040. The Hall–Kier alpha value is -2.71. The molecule has 114 valence electrons. The number of carbonyl (C=O) groups is 2. The predicted octanol–water partition coefficient (Wildman–Crippen LogP) is 2.96. The van der Waals surface area contributed by atoms with Crippen LogP contribution in [0.25, 0.3) is 15.3 Å². The lowest BCUT2D eigenvalue weighted by atomic mass is 10.2. The van der Waals surface area contributed by atoms with Crippen molar-refractivity contribution in [3.05, 3.63) is 52.3 Å². The molecule has 0 aliphatic heterocycles. The van der Waals surface area contributed by atoms with Crippen molar-refractivity contribution in [2.75, 3.05) is 5.32 Å². The van der Waals surface area contributed by atoms with E-state index in [1.165, 1.54) is 11.3 Å². The second-order valence-electron chi connectivity index (χ2n) is 4.86. The molecule has 0 fully saturated rings. The lowest BCUT2D eigenvalue weighted by Crippen LogP contribution is -2.12. The number of thiazole rings is 1. The summed E-state index contributed by atoms with van der Waals surface area (Å²) in [5.41, 5.74) is 7.13. The third-order valence-electron chi connectivity index (χ3n) is 3.39. The molecule has 0 radical (unpaired) electrons. The summed E-state index contributed by atoms with van der Waals surface area (Å²) in [5, 5.41) is 4.76. The maximum Gasteiger partial charge on any atom is 0.265 e. The van der Waals surface area contributed by atoms with Crippen LogP contribution in [-0.2, 0) is 0 Å². The summed E-state index contributed by atoms with van der Waals surface area (Å²) < 4.78 is 1.97. The van der Waals surface area contributed by atoms with E-state index in [1.807, 2.05) is 22.0 Å². The van der Waals surface area contributed by atoms with Crippen molar-refractivity contribution in [2.24, 2.45) is 5.73 Å². The van der Waals surface area contributed by atoms with Crippen molar-refractivity contribution in [1.82, 2.24) is 9.38 Å². The molecule has 0 atom stereocenters. The van der Waals surface area contributed by atoms with Gasteiger partial charge in [-0.3, -0.25) is 14.0 Å². The maximum atomic E-state index is 12.3. The molecule has 23 heavy (non-hydrogen) atoms. The summed E-state index contributed by atoms with van der Waals surface area (Å²) in [5.74, 6) is -0.702. The van der Waals surface area contributed by atoms with Crippen LogP contribution < -0.4 is 11.1 Å². The summed E-state index contributed by atoms with van der Waals surface area (Å²) in [7, 11) is 0. The summed E-state index contributed by atoms with van der Waals surface area (Å²) in [6, 6.07) is 8.29. The molecule has 0 saturated heterocycles. The zero-order valence-corrected chi connectivity index (χ0v) is 13.3. The topological polar surface area (TPSA) is 89.5 Å². The number of nitrogens with two attached hydrogens (primary N) is 1. The molecule has 0 bridgehead atoms. The molecule has 0 saturated carbocycles. The quantitative estimate of drug-likeness (QED) is 0.600. The van der Waals surface area contributed by atoms with E-state index in [1.54, 1.807) is 35.6 Å². The SMILES string of the molecule is NC(=O)c1ccc(NC(=O)c2cc3c(nc4sccn43)s2)cc1. The monoisotopic (exact) mass is 342 g/mol. The van der Waals surface area contributed by atoms with Gasteiger partial charge in [-0.1, -0.05) is 0 Å². The molecule has 0 aliphatic rings. The second-order valence-corrected chi connectivity index (χ2v) is 6.77. The van der Waals surface area contributed by atoms with Crippen LogP contribution in [0.5, 0.6) is 0 Å². The number of amides is 2. The van der Waals surface area contributed by atoms with Crippen molar-refractivity contribution in [3.63, 3.8) is 0 Å². The van der Waals surface area contributed by atoms with Crippen molar-refractivity contribution in [1.29, 1.82) is 0 Å². The molecule has 2 amide bonds. The maximum absolute atomic E-state index is 12.3. The van der Waals surface area contributed by atoms with Gasteiger partial charge in [-0.15, -0.1) is 22.7 Å². The minimum Gasteiger partial charge on any atom is -0.366 e. The zero-order valence-electron chi connectivity index (χ0n) is 11.6. The molecular weight excluding hydrogens is 332 g/mol. The number of benzene rings is 1. The summed E-state index contributed by atoms with van der Waals surface area (Å²) in [4.78, 5) is 30.2. The average Bonchev–Trinajstić information content (AvgIpc) is 3.19. The number of rotatable bonds is 3. The van der Waals surface area contributed by atoms with E-state index in [-0.39, 0.29) is 5.91 Å². The van der Waals surface area contributed by atoms with Gasteiger partial charge < -0.3 is 11.1 Å². The number of anilines is 1. The number of thiophene rings is 1. The lowest BCUT2D eigenvalue weighted by Gasteiger charge is -2.03. The Morgan fingerprint density at radius 3 is 2.74 bits per heavy atom. The van der Waals surface area contributed by atoms with E-state index in [9.17, 15) is 9.59 Å². The van der Waals surface area contributed by atoms with Gasteiger partial charge in [0.25, 0.3) is 5.91 Å². The Morgan fingerprint density at radius 1 is 1.22 bits per heavy atom. The van der Waals surface area contributed by atoms with E-state index in [0.29, 0.717) is 16.1 Å². The van der Waals surface area contributed by atoms with Gasteiger partial charge in [0, 0.05) is 22.8 Å². The molecule has 3 aromatic heterocycles. The van der Waals surface area contributed by atoms with Crippen LogP contribution >= 0.6 is 22.7 Å². The van der Waals surface area contributed by atoms with E-state index in [2.05, 4.69) is 10.3 Å². The molecule has 8 heteroatoms. The van der Waals surface area contributed by atoms with E-state index < -0.39 is 5.91 Å². The Kier molecular flexibility index (Phi) is 3.14. The van der Waals surface area contributed by atoms with Gasteiger partial charge in [-0.2, -0.15) is 0 Å². The standard InChI is InChI=1S/C15H10N4O2S2/c16-12(20)8-1-3-9(4-2-8)17-13(21)11-7-10-14(23-11)18-15-19(10)5-6-22-15/h1-7H,(H2,16,20)(H,17,21). The summed E-state index contributed by atoms with van der Waals surface area (Å²) in [6.45, 7) is 0. The molecule has 0 spiro atoms. The van der Waals surface area contributed by atoms with Crippen LogP contribution in [0, 0.1) is 0 Å². The largest absolute Gasteiger partial charge is 0.366 e. The molecule has 4 aromatic rings. The number of hydrogen-bond acceptors (Lipinski definition) is 5. The zero-order chi connectivity index (χ0) is 16.0.